The Kier molecular flexibility index (Phi) is 4.63. The van der Waals surface area contributed by atoms with Crippen molar-refractivity contribution in [3.63, 3.8) is 0 Å². The Morgan fingerprint density at radius 1 is 1.00 bits per heavy atom. The fraction of sp³-hybridized carbons (Fsp3) is 0.0952. The Hall–Kier alpha value is -3.87. The molecule has 0 fully saturated rings. The molecule has 0 bridgehead atoms. The molecule has 0 aliphatic heterocycles. The molecule has 4 rings (SSSR count). The predicted octanol–water partition coefficient (Wildman–Crippen LogP) is 2.56. The maximum Gasteiger partial charge on any atom is 0.287 e. The zero-order chi connectivity index (χ0) is 19.5. The van der Waals surface area contributed by atoms with Crippen LogP contribution in [0.3, 0.4) is 0 Å². The van der Waals surface area contributed by atoms with Gasteiger partial charge in [-0.05, 0) is 23.8 Å². The second-order valence-electron chi connectivity index (χ2n) is 6.32. The number of aromatic nitrogens is 2. The fourth-order valence-electron chi connectivity index (χ4n) is 3.03. The van der Waals surface area contributed by atoms with E-state index in [1.165, 1.54) is 0 Å². The van der Waals surface area contributed by atoms with Crippen LogP contribution in [0.1, 0.15) is 16.1 Å². The summed E-state index contributed by atoms with van der Waals surface area (Å²) in [7, 11) is 0. The number of hydrogen-bond acceptors (Lipinski definition) is 4. The zero-order valence-corrected chi connectivity index (χ0v) is 15.0. The number of para-hydroxylation sites is 1. The van der Waals surface area contributed by atoms with E-state index in [2.05, 4.69) is 5.32 Å². The maximum absolute atomic E-state index is 12.1. The van der Waals surface area contributed by atoms with Crippen molar-refractivity contribution in [1.29, 1.82) is 0 Å². The summed E-state index contributed by atoms with van der Waals surface area (Å²) >= 11 is 0. The van der Waals surface area contributed by atoms with Gasteiger partial charge in [0.25, 0.3) is 5.91 Å². The molecule has 28 heavy (non-hydrogen) atoms. The standard InChI is InChI=1S/C21H18N4O3/c22-19(26)12-23-21(27)18-11-10-17(28-18)20-15-8-4-5-9-16(15)25(24-20)13-14-6-2-1-3-7-14/h1-11H,12-13H2,(H2,22,26)(H,23,27). The molecule has 0 atom stereocenters. The van der Waals surface area contributed by atoms with Crippen LogP contribution in [0.4, 0.5) is 0 Å². The van der Waals surface area contributed by atoms with Crippen molar-refractivity contribution in [1.82, 2.24) is 15.1 Å². The van der Waals surface area contributed by atoms with Crippen LogP contribution in [0.15, 0.2) is 71.1 Å². The molecule has 2 amide bonds. The maximum atomic E-state index is 12.1. The molecule has 0 spiro atoms. The highest BCUT2D eigenvalue weighted by atomic mass is 16.4. The fourth-order valence-corrected chi connectivity index (χ4v) is 3.03. The zero-order valence-electron chi connectivity index (χ0n) is 15.0. The average molecular weight is 374 g/mol. The SMILES string of the molecule is NC(=O)CNC(=O)c1ccc(-c2nn(Cc3ccccc3)c3ccccc23)o1. The van der Waals surface area contributed by atoms with Crippen LogP contribution in [0.25, 0.3) is 22.4 Å². The van der Waals surface area contributed by atoms with Crippen molar-refractivity contribution in [2.75, 3.05) is 6.54 Å². The van der Waals surface area contributed by atoms with Crippen molar-refractivity contribution in [3.05, 3.63) is 78.1 Å². The van der Waals surface area contributed by atoms with Gasteiger partial charge >= 0.3 is 0 Å². The van der Waals surface area contributed by atoms with Crippen LogP contribution in [-0.2, 0) is 11.3 Å². The smallest absolute Gasteiger partial charge is 0.287 e. The first-order valence-corrected chi connectivity index (χ1v) is 8.78. The number of nitrogens with zero attached hydrogens (tertiary/aromatic N) is 2. The summed E-state index contributed by atoms with van der Waals surface area (Å²) < 4.78 is 7.61. The molecule has 2 aromatic heterocycles. The molecule has 140 valence electrons. The number of hydrogen-bond donors (Lipinski definition) is 2. The first-order valence-electron chi connectivity index (χ1n) is 8.78. The van der Waals surface area contributed by atoms with Gasteiger partial charge in [0.15, 0.2) is 11.5 Å². The number of amides is 2. The molecule has 3 N–H and O–H groups in total. The number of fused-ring (bicyclic) bond motifs is 1. The number of furan rings is 1. The quantitative estimate of drug-likeness (QED) is 0.541. The highest BCUT2D eigenvalue weighted by Crippen LogP contribution is 2.29. The monoisotopic (exact) mass is 374 g/mol. The van der Waals surface area contributed by atoms with Crippen molar-refractivity contribution in [3.8, 4) is 11.5 Å². The van der Waals surface area contributed by atoms with Gasteiger partial charge in [-0.25, -0.2) is 0 Å². The molecule has 0 saturated heterocycles. The van der Waals surface area contributed by atoms with Crippen LogP contribution < -0.4 is 11.1 Å². The van der Waals surface area contributed by atoms with Gasteiger partial charge in [-0.1, -0.05) is 48.5 Å². The summed E-state index contributed by atoms with van der Waals surface area (Å²) in [5.74, 6) is -0.547. The minimum absolute atomic E-state index is 0.0953. The molecular formula is C21H18N4O3. The van der Waals surface area contributed by atoms with Gasteiger partial charge in [-0.15, -0.1) is 0 Å². The lowest BCUT2D eigenvalue weighted by Gasteiger charge is -2.03. The van der Waals surface area contributed by atoms with Crippen LogP contribution >= 0.6 is 0 Å². The van der Waals surface area contributed by atoms with Crippen molar-refractivity contribution < 1.29 is 14.0 Å². The molecule has 2 heterocycles. The normalized spacial score (nSPS) is 10.9. The lowest BCUT2D eigenvalue weighted by atomic mass is 10.2. The Morgan fingerprint density at radius 3 is 2.54 bits per heavy atom. The highest BCUT2D eigenvalue weighted by Gasteiger charge is 2.18. The average Bonchev–Trinajstić information content (AvgIpc) is 3.32. The summed E-state index contributed by atoms with van der Waals surface area (Å²) in [5.41, 5.74) is 7.80. The minimum Gasteiger partial charge on any atom is -0.449 e. The Morgan fingerprint density at radius 2 is 1.75 bits per heavy atom. The van der Waals surface area contributed by atoms with E-state index in [1.807, 2.05) is 59.3 Å². The van der Waals surface area contributed by atoms with Gasteiger partial charge in [-0.2, -0.15) is 5.10 Å². The first kappa shape index (κ1) is 17.5. The van der Waals surface area contributed by atoms with E-state index >= 15 is 0 Å². The lowest BCUT2D eigenvalue weighted by molar-refractivity contribution is -0.117. The topological polar surface area (TPSA) is 103 Å². The molecule has 0 saturated carbocycles. The van der Waals surface area contributed by atoms with E-state index in [-0.39, 0.29) is 12.3 Å². The Labute approximate surface area is 160 Å². The number of nitrogens with one attached hydrogen (secondary N) is 1. The molecule has 2 aromatic carbocycles. The molecular weight excluding hydrogens is 356 g/mol. The molecule has 0 aliphatic rings. The van der Waals surface area contributed by atoms with E-state index < -0.39 is 11.8 Å². The molecule has 7 nitrogen and oxygen atoms in total. The Balaban J connectivity index is 1.68. The van der Waals surface area contributed by atoms with Crippen molar-refractivity contribution in [2.45, 2.75) is 6.54 Å². The predicted molar refractivity (Wildman–Crippen MR) is 105 cm³/mol. The summed E-state index contributed by atoms with van der Waals surface area (Å²) in [4.78, 5) is 22.9. The summed E-state index contributed by atoms with van der Waals surface area (Å²) in [6.07, 6.45) is 0. The highest BCUT2D eigenvalue weighted by molar-refractivity contribution is 5.96. The number of carbonyl (C=O) groups is 2. The van der Waals surface area contributed by atoms with Crippen LogP contribution in [0.2, 0.25) is 0 Å². The van der Waals surface area contributed by atoms with Gasteiger partial charge in [-0.3, -0.25) is 14.3 Å². The van der Waals surface area contributed by atoms with Crippen LogP contribution in [0, 0.1) is 0 Å². The Bertz CT molecular complexity index is 1140. The van der Waals surface area contributed by atoms with E-state index in [0.29, 0.717) is 18.0 Å². The summed E-state index contributed by atoms with van der Waals surface area (Å²) in [6, 6.07) is 21.2. The second kappa shape index (κ2) is 7.40. The molecule has 0 radical (unpaired) electrons. The number of nitrogens with two attached hydrogens (primary N) is 1. The number of benzene rings is 2. The number of rotatable bonds is 6. The molecule has 0 unspecified atom stereocenters. The largest absolute Gasteiger partial charge is 0.449 e. The third-order valence-electron chi connectivity index (χ3n) is 4.32. The third-order valence-corrected chi connectivity index (χ3v) is 4.32. The number of primary amides is 1. The minimum atomic E-state index is -0.620. The van der Waals surface area contributed by atoms with E-state index in [4.69, 9.17) is 15.2 Å². The second-order valence-corrected chi connectivity index (χ2v) is 6.32. The van der Waals surface area contributed by atoms with Gasteiger partial charge in [0, 0.05) is 5.39 Å². The molecule has 7 heteroatoms. The first-order chi connectivity index (χ1) is 13.6. The van der Waals surface area contributed by atoms with Crippen LogP contribution in [-0.4, -0.2) is 28.1 Å². The van der Waals surface area contributed by atoms with E-state index in [0.717, 1.165) is 16.5 Å². The van der Waals surface area contributed by atoms with Crippen LogP contribution in [0.5, 0.6) is 0 Å². The van der Waals surface area contributed by atoms with Gasteiger partial charge in [0.1, 0.15) is 5.69 Å². The van der Waals surface area contributed by atoms with Gasteiger partial charge in [0.05, 0.1) is 18.6 Å². The summed E-state index contributed by atoms with van der Waals surface area (Å²) in [6.45, 7) is 0.373. The molecule has 4 aromatic rings. The lowest BCUT2D eigenvalue weighted by Crippen LogP contribution is -2.33. The number of carbonyl (C=O) groups excluding carboxylic acids is 2. The van der Waals surface area contributed by atoms with Crippen molar-refractivity contribution >= 4 is 22.7 Å². The van der Waals surface area contributed by atoms with Gasteiger partial charge < -0.3 is 15.5 Å². The summed E-state index contributed by atoms with van der Waals surface area (Å²) in [5, 5.41) is 8.05. The van der Waals surface area contributed by atoms with E-state index in [9.17, 15) is 9.59 Å². The van der Waals surface area contributed by atoms with Crippen molar-refractivity contribution in [2.24, 2.45) is 5.73 Å². The van der Waals surface area contributed by atoms with E-state index in [1.54, 1.807) is 12.1 Å². The third kappa shape index (κ3) is 3.50. The molecule has 0 aliphatic carbocycles. The van der Waals surface area contributed by atoms with Gasteiger partial charge in [0.2, 0.25) is 5.91 Å².